The summed E-state index contributed by atoms with van der Waals surface area (Å²) in [5, 5.41) is 0. The molecule has 4 rings (SSSR count). The maximum absolute atomic E-state index is 13.1. The van der Waals surface area contributed by atoms with E-state index in [9.17, 15) is 13.2 Å². The first kappa shape index (κ1) is 21.4. The molecule has 1 atom stereocenters. The van der Waals surface area contributed by atoms with Gasteiger partial charge in [0, 0.05) is 37.9 Å². The topological polar surface area (TPSA) is 6.48 Å². The Balaban J connectivity index is 1.47. The van der Waals surface area contributed by atoms with Crippen LogP contribution in [0.4, 0.5) is 18.9 Å². The number of hydrogen-bond acceptors (Lipinski definition) is 2. The van der Waals surface area contributed by atoms with E-state index >= 15 is 0 Å². The fourth-order valence-electron chi connectivity index (χ4n) is 4.29. The van der Waals surface area contributed by atoms with E-state index in [1.54, 1.807) is 6.07 Å². The van der Waals surface area contributed by atoms with Crippen molar-refractivity contribution in [2.75, 3.05) is 31.1 Å². The van der Waals surface area contributed by atoms with E-state index in [1.807, 2.05) is 23.1 Å². The number of piperazine rings is 1. The van der Waals surface area contributed by atoms with E-state index in [4.69, 9.17) is 0 Å². The van der Waals surface area contributed by atoms with Crippen LogP contribution in [0.15, 0.2) is 78.9 Å². The van der Waals surface area contributed by atoms with Crippen LogP contribution in [0.2, 0.25) is 0 Å². The standard InChI is InChI=1S/C26H26F3N2/c1-2-25(22-11-6-10-21(18-22)20-8-4-3-5-9-20)31-16-14-30(15-17-31)24-13-7-12-23(19-24)26(27,28)29/h3-13,18-19,25H,1-2,14-17H2. The molecule has 1 aliphatic rings. The van der Waals surface area contributed by atoms with Gasteiger partial charge in [-0.1, -0.05) is 61.5 Å². The van der Waals surface area contributed by atoms with Gasteiger partial charge in [0.05, 0.1) is 5.56 Å². The summed E-state index contributed by atoms with van der Waals surface area (Å²) in [6, 6.07) is 24.7. The molecule has 1 unspecified atom stereocenters. The van der Waals surface area contributed by atoms with Crippen molar-refractivity contribution in [2.45, 2.75) is 18.6 Å². The molecule has 0 N–H and O–H groups in total. The minimum Gasteiger partial charge on any atom is -0.369 e. The highest BCUT2D eigenvalue weighted by Gasteiger charge is 2.31. The Morgan fingerprint density at radius 2 is 1.45 bits per heavy atom. The van der Waals surface area contributed by atoms with Crippen LogP contribution in [0.25, 0.3) is 11.1 Å². The van der Waals surface area contributed by atoms with Crippen molar-refractivity contribution < 1.29 is 13.2 Å². The molecule has 0 bridgehead atoms. The lowest BCUT2D eigenvalue weighted by Gasteiger charge is -2.40. The predicted molar refractivity (Wildman–Crippen MR) is 120 cm³/mol. The van der Waals surface area contributed by atoms with Crippen molar-refractivity contribution in [3.8, 4) is 11.1 Å². The van der Waals surface area contributed by atoms with Gasteiger partial charge in [-0.25, -0.2) is 0 Å². The quantitative estimate of drug-likeness (QED) is 0.465. The highest BCUT2D eigenvalue weighted by Crippen LogP contribution is 2.33. The summed E-state index contributed by atoms with van der Waals surface area (Å²) in [5.41, 5.74) is 3.62. The summed E-state index contributed by atoms with van der Waals surface area (Å²) < 4.78 is 39.2. The lowest BCUT2D eigenvalue weighted by molar-refractivity contribution is -0.137. The highest BCUT2D eigenvalue weighted by atomic mass is 19.4. The smallest absolute Gasteiger partial charge is 0.369 e. The van der Waals surface area contributed by atoms with Crippen molar-refractivity contribution in [2.24, 2.45) is 0 Å². The third-order valence-corrected chi connectivity index (χ3v) is 5.95. The average molecular weight is 424 g/mol. The normalized spacial score (nSPS) is 16.3. The van der Waals surface area contributed by atoms with E-state index < -0.39 is 11.7 Å². The number of benzene rings is 3. The second kappa shape index (κ2) is 9.15. The molecule has 0 aromatic heterocycles. The van der Waals surface area contributed by atoms with Gasteiger partial charge < -0.3 is 4.90 Å². The van der Waals surface area contributed by atoms with Gasteiger partial charge in [-0.15, -0.1) is 0 Å². The first-order chi connectivity index (χ1) is 15.0. The largest absolute Gasteiger partial charge is 0.416 e. The Hall–Kier alpha value is -2.79. The molecule has 0 spiro atoms. The molecule has 161 valence electrons. The van der Waals surface area contributed by atoms with Gasteiger partial charge in [0.25, 0.3) is 0 Å². The van der Waals surface area contributed by atoms with Gasteiger partial charge in [-0.05, 0) is 47.4 Å². The summed E-state index contributed by atoms with van der Waals surface area (Å²) in [7, 11) is 0. The molecule has 1 fully saturated rings. The van der Waals surface area contributed by atoms with Crippen LogP contribution in [0, 0.1) is 6.92 Å². The van der Waals surface area contributed by atoms with Crippen molar-refractivity contribution in [3.63, 3.8) is 0 Å². The summed E-state index contributed by atoms with van der Waals surface area (Å²) >= 11 is 0. The van der Waals surface area contributed by atoms with E-state index in [0.717, 1.165) is 25.6 Å². The Morgan fingerprint density at radius 3 is 2.13 bits per heavy atom. The Morgan fingerprint density at radius 1 is 0.774 bits per heavy atom. The molecule has 3 aromatic rings. The van der Waals surface area contributed by atoms with Gasteiger partial charge in [0.15, 0.2) is 0 Å². The average Bonchev–Trinajstić information content (AvgIpc) is 2.80. The third-order valence-electron chi connectivity index (χ3n) is 5.95. The molecule has 0 aliphatic carbocycles. The minimum absolute atomic E-state index is 0.187. The van der Waals surface area contributed by atoms with Crippen LogP contribution in [0.5, 0.6) is 0 Å². The van der Waals surface area contributed by atoms with Crippen molar-refractivity contribution in [1.82, 2.24) is 4.90 Å². The first-order valence-electron chi connectivity index (χ1n) is 10.6. The Bertz CT molecular complexity index is 993. The summed E-state index contributed by atoms with van der Waals surface area (Å²) in [5.74, 6) is 0. The molecule has 1 aliphatic heterocycles. The van der Waals surface area contributed by atoms with Crippen LogP contribution >= 0.6 is 0 Å². The van der Waals surface area contributed by atoms with Crippen molar-refractivity contribution >= 4 is 5.69 Å². The van der Waals surface area contributed by atoms with E-state index in [-0.39, 0.29) is 6.04 Å². The molecular formula is C26H26F3N2. The molecule has 3 aromatic carbocycles. The molecule has 0 amide bonds. The van der Waals surface area contributed by atoms with Gasteiger partial charge in [0.2, 0.25) is 0 Å². The van der Waals surface area contributed by atoms with Crippen LogP contribution in [0.3, 0.4) is 0 Å². The van der Waals surface area contributed by atoms with E-state index in [1.165, 1.54) is 28.8 Å². The maximum atomic E-state index is 13.1. The van der Waals surface area contributed by atoms with Gasteiger partial charge in [-0.2, -0.15) is 13.2 Å². The molecule has 31 heavy (non-hydrogen) atoms. The van der Waals surface area contributed by atoms with Crippen molar-refractivity contribution in [1.29, 1.82) is 0 Å². The summed E-state index contributed by atoms with van der Waals surface area (Å²) in [4.78, 5) is 4.42. The van der Waals surface area contributed by atoms with E-state index in [0.29, 0.717) is 18.8 Å². The van der Waals surface area contributed by atoms with Gasteiger partial charge in [0.1, 0.15) is 0 Å². The molecular weight excluding hydrogens is 397 g/mol. The first-order valence-corrected chi connectivity index (χ1v) is 10.6. The fraction of sp³-hybridized carbons (Fsp3) is 0.269. The highest BCUT2D eigenvalue weighted by molar-refractivity contribution is 5.64. The molecule has 1 saturated heterocycles. The number of rotatable bonds is 5. The number of nitrogens with zero attached hydrogens (tertiary/aromatic N) is 2. The fourth-order valence-corrected chi connectivity index (χ4v) is 4.29. The van der Waals surface area contributed by atoms with Gasteiger partial charge >= 0.3 is 6.18 Å². The SMILES string of the molecule is [CH2]CC(c1cccc(-c2ccccc2)c1)N1CCN(c2cccc(C(F)(F)F)c2)CC1. The molecule has 2 nitrogen and oxygen atoms in total. The minimum atomic E-state index is -4.32. The lowest BCUT2D eigenvalue weighted by Crippen LogP contribution is -2.47. The second-order valence-corrected chi connectivity index (χ2v) is 7.87. The lowest BCUT2D eigenvalue weighted by atomic mass is 9.97. The van der Waals surface area contributed by atoms with E-state index in [2.05, 4.69) is 48.2 Å². The summed E-state index contributed by atoms with van der Waals surface area (Å²) in [6.45, 7) is 7.12. The Kier molecular flexibility index (Phi) is 6.33. The number of alkyl halides is 3. The monoisotopic (exact) mass is 423 g/mol. The molecule has 5 heteroatoms. The molecule has 0 saturated carbocycles. The van der Waals surface area contributed by atoms with Crippen LogP contribution < -0.4 is 4.90 Å². The molecule has 1 heterocycles. The zero-order chi connectivity index (χ0) is 21.8. The predicted octanol–water partition coefficient (Wildman–Crippen LogP) is 6.46. The number of anilines is 1. The second-order valence-electron chi connectivity index (χ2n) is 7.87. The number of hydrogen-bond donors (Lipinski definition) is 0. The maximum Gasteiger partial charge on any atom is 0.416 e. The van der Waals surface area contributed by atoms with Crippen molar-refractivity contribution in [3.05, 3.63) is 96.9 Å². The molecule has 1 radical (unpaired) electrons. The van der Waals surface area contributed by atoms with Crippen LogP contribution in [-0.4, -0.2) is 31.1 Å². The third kappa shape index (κ3) is 4.93. The Labute approximate surface area is 181 Å². The van der Waals surface area contributed by atoms with Crippen LogP contribution in [-0.2, 0) is 6.18 Å². The zero-order valence-corrected chi connectivity index (χ0v) is 17.4. The van der Waals surface area contributed by atoms with Crippen LogP contribution in [0.1, 0.15) is 23.6 Å². The zero-order valence-electron chi connectivity index (χ0n) is 17.4. The number of halogens is 3. The van der Waals surface area contributed by atoms with Gasteiger partial charge in [-0.3, -0.25) is 4.90 Å². The summed E-state index contributed by atoms with van der Waals surface area (Å²) in [6.07, 6.45) is -3.58.